The van der Waals surface area contributed by atoms with Crippen molar-refractivity contribution in [3.8, 4) is 0 Å². The third-order valence-electron chi connectivity index (χ3n) is 3.81. The van der Waals surface area contributed by atoms with Crippen LogP contribution in [-0.2, 0) is 16.1 Å². The van der Waals surface area contributed by atoms with E-state index in [0.29, 0.717) is 31.7 Å². The molecule has 1 fully saturated rings. The lowest BCUT2D eigenvalue weighted by molar-refractivity contribution is -0.131. The summed E-state index contributed by atoms with van der Waals surface area (Å²) >= 11 is 1.64. The lowest BCUT2D eigenvalue weighted by atomic mass is 9.79. The van der Waals surface area contributed by atoms with E-state index in [2.05, 4.69) is 24.1 Å². The number of amides is 1. The van der Waals surface area contributed by atoms with E-state index in [0.717, 1.165) is 10.7 Å². The van der Waals surface area contributed by atoms with Crippen LogP contribution in [0.2, 0.25) is 0 Å². The molecule has 20 heavy (non-hydrogen) atoms. The molecule has 0 unspecified atom stereocenters. The van der Waals surface area contributed by atoms with Gasteiger partial charge in [0.15, 0.2) is 0 Å². The van der Waals surface area contributed by atoms with Crippen molar-refractivity contribution in [1.82, 2.24) is 10.3 Å². The lowest BCUT2D eigenvalue weighted by Crippen LogP contribution is -2.37. The van der Waals surface area contributed by atoms with E-state index >= 15 is 0 Å². The molecule has 0 saturated heterocycles. The second-order valence-corrected chi connectivity index (χ2v) is 6.80. The molecule has 0 aromatic carbocycles. The highest BCUT2D eigenvalue weighted by Gasteiger charge is 2.31. The van der Waals surface area contributed by atoms with Crippen molar-refractivity contribution >= 4 is 23.0 Å². The number of thiazole rings is 1. The standard InChI is InChI=1S/C15H22N2O2S/c1-9(2)15-17-11(8-20-15)7-16-14(19)13-5-4-12(18)6-10(13)3/h8-10,13H,4-7H2,1-3H3,(H,16,19)/t10-,13-/m0/s1. The zero-order valence-electron chi connectivity index (χ0n) is 12.3. The van der Waals surface area contributed by atoms with Crippen molar-refractivity contribution in [2.24, 2.45) is 11.8 Å². The second kappa shape index (κ2) is 6.48. The van der Waals surface area contributed by atoms with Crippen molar-refractivity contribution in [3.05, 3.63) is 16.1 Å². The first-order valence-electron chi connectivity index (χ1n) is 7.21. The maximum atomic E-state index is 12.2. The Hall–Kier alpha value is -1.23. The van der Waals surface area contributed by atoms with Gasteiger partial charge in [0.1, 0.15) is 5.78 Å². The van der Waals surface area contributed by atoms with E-state index in [1.165, 1.54) is 0 Å². The Morgan fingerprint density at radius 1 is 1.55 bits per heavy atom. The number of hydrogen-bond acceptors (Lipinski definition) is 4. The lowest BCUT2D eigenvalue weighted by Gasteiger charge is -2.26. The number of rotatable bonds is 4. The van der Waals surface area contributed by atoms with Crippen molar-refractivity contribution in [2.75, 3.05) is 0 Å². The Labute approximate surface area is 124 Å². The average molecular weight is 294 g/mol. The summed E-state index contributed by atoms with van der Waals surface area (Å²) in [6.07, 6.45) is 1.75. The number of aromatic nitrogens is 1. The van der Waals surface area contributed by atoms with Crippen LogP contribution in [0.25, 0.3) is 0 Å². The average Bonchev–Trinajstić information content (AvgIpc) is 2.85. The molecule has 1 aliphatic carbocycles. The normalized spacial score (nSPS) is 23.1. The van der Waals surface area contributed by atoms with Gasteiger partial charge in [-0.05, 0) is 12.3 Å². The maximum absolute atomic E-state index is 12.2. The largest absolute Gasteiger partial charge is 0.350 e. The molecular formula is C15H22N2O2S. The van der Waals surface area contributed by atoms with E-state index in [-0.39, 0.29) is 23.5 Å². The minimum atomic E-state index is -0.0316. The molecule has 5 heteroatoms. The monoisotopic (exact) mass is 294 g/mol. The third-order valence-corrected chi connectivity index (χ3v) is 5.01. The molecule has 0 aliphatic heterocycles. The van der Waals surface area contributed by atoms with E-state index in [1.807, 2.05) is 12.3 Å². The minimum absolute atomic E-state index is 0.0316. The predicted octanol–water partition coefficient (Wildman–Crippen LogP) is 2.89. The molecule has 1 aromatic heterocycles. The van der Waals surface area contributed by atoms with Gasteiger partial charge in [-0.15, -0.1) is 11.3 Å². The van der Waals surface area contributed by atoms with Crippen molar-refractivity contribution in [1.29, 1.82) is 0 Å². The Morgan fingerprint density at radius 3 is 2.90 bits per heavy atom. The summed E-state index contributed by atoms with van der Waals surface area (Å²) in [5, 5.41) is 6.07. The Balaban J connectivity index is 1.86. The summed E-state index contributed by atoms with van der Waals surface area (Å²) in [6, 6.07) is 0. The van der Waals surface area contributed by atoms with Gasteiger partial charge in [0.2, 0.25) is 5.91 Å². The fourth-order valence-electron chi connectivity index (χ4n) is 2.57. The smallest absolute Gasteiger partial charge is 0.223 e. The topological polar surface area (TPSA) is 59.1 Å². The summed E-state index contributed by atoms with van der Waals surface area (Å²) in [6.45, 7) is 6.70. The summed E-state index contributed by atoms with van der Waals surface area (Å²) in [5.74, 6) is 0.884. The highest BCUT2D eigenvalue weighted by Crippen LogP contribution is 2.27. The zero-order chi connectivity index (χ0) is 14.7. The van der Waals surface area contributed by atoms with Gasteiger partial charge in [-0.3, -0.25) is 9.59 Å². The second-order valence-electron chi connectivity index (χ2n) is 5.91. The molecule has 1 saturated carbocycles. The molecule has 1 amide bonds. The fourth-order valence-corrected chi connectivity index (χ4v) is 3.41. The van der Waals surface area contributed by atoms with Gasteiger partial charge in [0.05, 0.1) is 17.2 Å². The summed E-state index contributed by atoms with van der Waals surface area (Å²) in [7, 11) is 0. The van der Waals surface area contributed by atoms with Gasteiger partial charge in [0, 0.05) is 30.1 Å². The van der Waals surface area contributed by atoms with E-state index in [9.17, 15) is 9.59 Å². The maximum Gasteiger partial charge on any atom is 0.223 e. The molecule has 2 atom stereocenters. The van der Waals surface area contributed by atoms with Crippen LogP contribution < -0.4 is 5.32 Å². The van der Waals surface area contributed by atoms with Crippen molar-refractivity contribution in [2.45, 2.75) is 52.5 Å². The molecule has 0 bridgehead atoms. The number of Topliss-reactive ketones (excluding diaryl/α,β-unsaturated/α-hetero) is 1. The van der Waals surface area contributed by atoms with Crippen LogP contribution >= 0.6 is 11.3 Å². The number of hydrogen-bond donors (Lipinski definition) is 1. The van der Waals surface area contributed by atoms with Gasteiger partial charge in [-0.1, -0.05) is 20.8 Å². The summed E-state index contributed by atoms with van der Waals surface area (Å²) in [4.78, 5) is 28.0. The van der Waals surface area contributed by atoms with Gasteiger partial charge in [0.25, 0.3) is 0 Å². The SMILES string of the molecule is CC(C)c1nc(CNC(=O)[C@H]2CCC(=O)C[C@@H]2C)cs1. The first-order valence-corrected chi connectivity index (χ1v) is 8.09. The first kappa shape index (κ1) is 15.2. The van der Waals surface area contributed by atoms with Crippen LogP contribution in [0.5, 0.6) is 0 Å². The number of carbonyl (C=O) groups excluding carboxylic acids is 2. The van der Waals surface area contributed by atoms with E-state index in [4.69, 9.17) is 0 Å². The molecule has 1 heterocycles. The Kier molecular flexibility index (Phi) is 4.91. The van der Waals surface area contributed by atoms with Crippen LogP contribution in [0.15, 0.2) is 5.38 Å². The minimum Gasteiger partial charge on any atom is -0.350 e. The number of nitrogens with one attached hydrogen (secondary N) is 1. The molecule has 1 aromatic rings. The molecule has 110 valence electrons. The molecule has 0 radical (unpaired) electrons. The highest BCUT2D eigenvalue weighted by atomic mass is 32.1. The van der Waals surface area contributed by atoms with Gasteiger partial charge in [-0.25, -0.2) is 4.98 Å². The van der Waals surface area contributed by atoms with Crippen LogP contribution in [-0.4, -0.2) is 16.7 Å². The van der Waals surface area contributed by atoms with Gasteiger partial charge < -0.3 is 5.32 Å². The third kappa shape index (κ3) is 3.66. The predicted molar refractivity (Wildman–Crippen MR) is 79.6 cm³/mol. The Morgan fingerprint density at radius 2 is 2.30 bits per heavy atom. The number of carbonyl (C=O) groups is 2. The van der Waals surface area contributed by atoms with Gasteiger partial charge in [-0.2, -0.15) is 0 Å². The summed E-state index contributed by atoms with van der Waals surface area (Å²) < 4.78 is 0. The van der Waals surface area contributed by atoms with Crippen LogP contribution in [0, 0.1) is 11.8 Å². The van der Waals surface area contributed by atoms with Crippen molar-refractivity contribution in [3.63, 3.8) is 0 Å². The zero-order valence-corrected chi connectivity index (χ0v) is 13.1. The van der Waals surface area contributed by atoms with E-state index < -0.39 is 0 Å². The van der Waals surface area contributed by atoms with Crippen LogP contribution in [0.4, 0.5) is 0 Å². The highest BCUT2D eigenvalue weighted by molar-refractivity contribution is 7.09. The van der Waals surface area contributed by atoms with Crippen LogP contribution in [0.1, 0.15) is 56.7 Å². The molecule has 0 spiro atoms. The van der Waals surface area contributed by atoms with Crippen molar-refractivity contribution < 1.29 is 9.59 Å². The van der Waals surface area contributed by atoms with Gasteiger partial charge >= 0.3 is 0 Å². The molecule has 1 N–H and O–H groups in total. The number of ketones is 1. The summed E-state index contributed by atoms with van der Waals surface area (Å²) in [5.41, 5.74) is 0.923. The quantitative estimate of drug-likeness (QED) is 0.929. The fraction of sp³-hybridized carbons (Fsp3) is 0.667. The van der Waals surface area contributed by atoms with E-state index in [1.54, 1.807) is 11.3 Å². The molecule has 1 aliphatic rings. The molecule has 2 rings (SSSR count). The molecule has 4 nitrogen and oxygen atoms in total. The molecular weight excluding hydrogens is 272 g/mol. The van der Waals surface area contributed by atoms with Crippen LogP contribution in [0.3, 0.4) is 0 Å². The first-order chi connectivity index (χ1) is 9.47. The number of nitrogens with zero attached hydrogens (tertiary/aromatic N) is 1. The Bertz CT molecular complexity index is 496.